The standard InChI is InChI=1S/C16H14ClFN2O3/c1-23-16(22)10-2-5-12(6-3-10)19-9-15(21)20-14-7-4-11(18)8-13(14)17/h2-8,19H,9H2,1H3,(H,20,21). The Bertz CT molecular complexity index is 720. The molecule has 0 bridgehead atoms. The van der Waals surface area contributed by atoms with Crippen molar-refractivity contribution in [2.45, 2.75) is 0 Å². The Kier molecular flexibility index (Phi) is 5.54. The van der Waals surface area contributed by atoms with Gasteiger partial charge in [-0.3, -0.25) is 4.79 Å². The van der Waals surface area contributed by atoms with Gasteiger partial charge in [0, 0.05) is 5.69 Å². The lowest BCUT2D eigenvalue weighted by atomic mass is 10.2. The maximum Gasteiger partial charge on any atom is 0.337 e. The molecule has 0 atom stereocenters. The molecule has 1 amide bonds. The minimum Gasteiger partial charge on any atom is -0.465 e. The van der Waals surface area contributed by atoms with Crippen LogP contribution in [0.4, 0.5) is 15.8 Å². The summed E-state index contributed by atoms with van der Waals surface area (Å²) in [6, 6.07) is 10.2. The monoisotopic (exact) mass is 336 g/mol. The number of ether oxygens (including phenoxy) is 1. The van der Waals surface area contributed by atoms with Crippen molar-refractivity contribution in [1.82, 2.24) is 0 Å². The van der Waals surface area contributed by atoms with Crippen LogP contribution in [0.3, 0.4) is 0 Å². The SMILES string of the molecule is COC(=O)c1ccc(NCC(=O)Nc2ccc(F)cc2Cl)cc1. The molecule has 0 saturated heterocycles. The van der Waals surface area contributed by atoms with Crippen LogP contribution in [0.15, 0.2) is 42.5 Å². The number of methoxy groups -OCH3 is 1. The number of esters is 1. The van der Waals surface area contributed by atoms with Crippen molar-refractivity contribution in [3.05, 3.63) is 58.9 Å². The summed E-state index contributed by atoms with van der Waals surface area (Å²) in [5, 5.41) is 5.60. The van der Waals surface area contributed by atoms with Gasteiger partial charge in [-0.05, 0) is 42.5 Å². The second-order valence-electron chi connectivity index (χ2n) is 4.59. The van der Waals surface area contributed by atoms with Gasteiger partial charge in [0.15, 0.2) is 0 Å². The summed E-state index contributed by atoms with van der Waals surface area (Å²) >= 11 is 5.83. The van der Waals surface area contributed by atoms with Crippen LogP contribution in [0.5, 0.6) is 0 Å². The molecule has 0 aliphatic rings. The van der Waals surface area contributed by atoms with Crippen LogP contribution in [-0.2, 0) is 9.53 Å². The molecular formula is C16H14ClFN2O3. The number of hydrogen-bond donors (Lipinski definition) is 2. The maximum atomic E-state index is 12.9. The first-order valence-corrected chi connectivity index (χ1v) is 7.04. The zero-order valence-electron chi connectivity index (χ0n) is 12.2. The van der Waals surface area contributed by atoms with Crippen molar-refractivity contribution in [3.8, 4) is 0 Å². The molecule has 2 rings (SSSR count). The average Bonchev–Trinajstić information content (AvgIpc) is 2.55. The fourth-order valence-electron chi connectivity index (χ4n) is 1.81. The molecule has 7 heteroatoms. The third kappa shape index (κ3) is 4.69. The number of carbonyl (C=O) groups is 2. The number of anilines is 2. The topological polar surface area (TPSA) is 67.4 Å². The Hall–Kier alpha value is -2.60. The van der Waals surface area contributed by atoms with Gasteiger partial charge in [-0.15, -0.1) is 0 Å². The van der Waals surface area contributed by atoms with Gasteiger partial charge in [0.2, 0.25) is 5.91 Å². The second-order valence-corrected chi connectivity index (χ2v) is 5.00. The fourth-order valence-corrected chi connectivity index (χ4v) is 2.02. The summed E-state index contributed by atoms with van der Waals surface area (Å²) in [6.07, 6.45) is 0. The molecule has 5 nitrogen and oxygen atoms in total. The van der Waals surface area contributed by atoms with E-state index < -0.39 is 11.8 Å². The molecule has 0 saturated carbocycles. The third-order valence-corrected chi connectivity index (χ3v) is 3.28. The predicted molar refractivity (Wildman–Crippen MR) is 86.3 cm³/mol. The average molecular weight is 337 g/mol. The van der Waals surface area contributed by atoms with Crippen LogP contribution in [0.2, 0.25) is 5.02 Å². The number of rotatable bonds is 5. The van der Waals surface area contributed by atoms with E-state index >= 15 is 0 Å². The van der Waals surface area contributed by atoms with E-state index in [4.69, 9.17) is 11.6 Å². The van der Waals surface area contributed by atoms with Gasteiger partial charge in [0.25, 0.3) is 0 Å². The van der Waals surface area contributed by atoms with E-state index in [0.717, 1.165) is 6.07 Å². The molecule has 120 valence electrons. The molecule has 23 heavy (non-hydrogen) atoms. The number of hydrogen-bond acceptors (Lipinski definition) is 4. The van der Waals surface area contributed by atoms with E-state index in [-0.39, 0.29) is 17.5 Å². The van der Waals surface area contributed by atoms with E-state index in [0.29, 0.717) is 16.9 Å². The van der Waals surface area contributed by atoms with E-state index in [1.165, 1.54) is 19.2 Å². The van der Waals surface area contributed by atoms with Crippen LogP contribution in [0, 0.1) is 5.82 Å². The van der Waals surface area contributed by atoms with Gasteiger partial charge in [-0.1, -0.05) is 11.6 Å². The highest BCUT2D eigenvalue weighted by Gasteiger charge is 2.08. The van der Waals surface area contributed by atoms with E-state index in [1.807, 2.05) is 0 Å². The van der Waals surface area contributed by atoms with Gasteiger partial charge < -0.3 is 15.4 Å². The smallest absolute Gasteiger partial charge is 0.337 e. The highest BCUT2D eigenvalue weighted by molar-refractivity contribution is 6.33. The Morgan fingerprint density at radius 3 is 2.48 bits per heavy atom. The van der Waals surface area contributed by atoms with Crippen LogP contribution in [0.1, 0.15) is 10.4 Å². The molecule has 0 aliphatic carbocycles. The Balaban J connectivity index is 1.90. The zero-order valence-corrected chi connectivity index (χ0v) is 13.0. The van der Waals surface area contributed by atoms with E-state index in [2.05, 4.69) is 15.4 Å². The number of nitrogens with one attached hydrogen (secondary N) is 2. The van der Waals surface area contributed by atoms with Gasteiger partial charge in [0.1, 0.15) is 5.82 Å². The van der Waals surface area contributed by atoms with E-state index in [9.17, 15) is 14.0 Å². The summed E-state index contributed by atoms with van der Waals surface area (Å²) in [7, 11) is 1.30. The van der Waals surface area contributed by atoms with Gasteiger partial charge >= 0.3 is 5.97 Å². The fraction of sp³-hybridized carbons (Fsp3) is 0.125. The molecule has 0 radical (unpaired) electrons. The molecule has 0 spiro atoms. The Labute approximate surface area is 137 Å². The number of halogens is 2. The number of carbonyl (C=O) groups excluding carboxylic acids is 2. The Morgan fingerprint density at radius 1 is 1.17 bits per heavy atom. The van der Waals surface area contributed by atoms with Gasteiger partial charge in [-0.2, -0.15) is 0 Å². The van der Waals surface area contributed by atoms with Crippen molar-refractivity contribution in [3.63, 3.8) is 0 Å². The molecule has 0 fully saturated rings. The molecule has 2 aromatic rings. The summed E-state index contributed by atoms with van der Waals surface area (Å²) in [5.41, 5.74) is 1.42. The first-order chi connectivity index (χ1) is 11.0. The van der Waals surface area contributed by atoms with E-state index in [1.54, 1.807) is 24.3 Å². The lowest BCUT2D eigenvalue weighted by Crippen LogP contribution is -2.22. The largest absolute Gasteiger partial charge is 0.465 e. The molecule has 2 N–H and O–H groups in total. The van der Waals surface area contributed by atoms with Crippen molar-refractivity contribution in [2.24, 2.45) is 0 Å². The third-order valence-electron chi connectivity index (χ3n) is 2.96. The first-order valence-electron chi connectivity index (χ1n) is 6.67. The number of benzene rings is 2. The van der Waals surface area contributed by atoms with Crippen molar-refractivity contribution in [2.75, 3.05) is 24.3 Å². The van der Waals surface area contributed by atoms with Crippen LogP contribution in [-0.4, -0.2) is 25.5 Å². The Morgan fingerprint density at radius 2 is 1.87 bits per heavy atom. The second kappa shape index (κ2) is 7.60. The van der Waals surface area contributed by atoms with Crippen molar-refractivity contribution >= 4 is 34.9 Å². The lowest BCUT2D eigenvalue weighted by Gasteiger charge is -2.09. The maximum absolute atomic E-state index is 12.9. The van der Waals surface area contributed by atoms with Gasteiger partial charge in [0.05, 0.1) is 29.9 Å². The van der Waals surface area contributed by atoms with Crippen LogP contribution < -0.4 is 10.6 Å². The molecule has 0 aliphatic heterocycles. The summed E-state index contributed by atoms with van der Waals surface area (Å²) < 4.78 is 17.5. The summed E-state index contributed by atoms with van der Waals surface area (Å²) in [4.78, 5) is 23.1. The predicted octanol–water partition coefficient (Wildman–Crippen LogP) is 3.32. The molecule has 2 aromatic carbocycles. The minimum atomic E-state index is -0.475. The lowest BCUT2D eigenvalue weighted by molar-refractivity contribution is -0.114. The molecule has 0 heterocycles. The van der Waals surface area contributed by atoms with Crippen molar-refractivity contribution in [1.29, 1.82) is 0 Å². The minimum absolute atomic E-state index is 0.00865. The first kappa shape index (κ1) is 16.8. The highest BCUT2D eigenvalue weighted by Crippen LogP contribution is 2.22. The molecule has 0 unspecified atom stereocenters. The zero-order chi connectivity index (χ0) is 16.8. The quantitative estimate of drug-likeness (QED) is 0.822. The van der Waals surface area contributed by atoms with Crippen LogP contribution in [0.25, 0.3) is 0 Å². The summed E-state index contributed by atoms with van der Waals surface area (Å²) in [5.74, 6) is -1.24. The van der Waals surface area contributed by atoms with Gasteiger partial charge in [-0.25, -0.2) is 9.18 Å². The number of amides is 1. The van der Waals surface area contributed by atoms with Crippen molar-refractivity contribution < 1.29 is 18.7 Å². The molecule has 0 aromatic heterocycles. The normalized spacial score (nSPS) is 10.0. The highest BCUT2D eigenvalue weighted by atomic mass is 35.5. The van der Waals surface area contributed by atoms with Crippen LogP contribution >= 0.6 is 11.6 Å². The molecular weight excluding hydrogens is 323 g/mol. The summed E-state index contributed by atoms with van der Waals surface area (Å²) in [6.45, 7) is -0.00865.